The van der Waals surface area contributed by atoms with E-state index in [0.29, 0.717) is 17.6 Å². The fraction of sp³-hybridized carbons (Fsp3) is 0.269. The second-order valence-corrected chi connectivity index (χ2v) is 8.88. The normalized spacial score (nSPS) is 27.1. The van der Waals surface area contributed by atoms with E-state index in [1.165, 1.54) is 5.69 Å². The fourth-order valence-corrected chi connectivity index (χ4v) is 6.17. The fourth-order valence-electron chi connectivity index (χ4n) is 6.17. The largest absolute Gasteiger partial charge is 0.476 e. The number of anilines is 1. The Kier molecular flexibility index (Phi) is 4.12. The Hall–Kier alpha value is -3.67. The average Bonchev–Trinajstić information content (AvgIpc) is 2.76. The van der Waals surface area contributed by atoms with Crippen LogP contribution in [0.5, 0.6) is 0 Å². The summed E-state index contributed by atoms with van der Waals surface area (Å²) >= 11 is 0. The van der Waals surface area contributed by atoms with E-state index < -0.39 is 17.2 Å². The van der Waals surface area contributed by atoms with Crippen molar-refractivity contribution in [3.05, 3.63) is 94.9 Å². The molecule has 4 atom stereocenters. The molecule has 2 heterocycles. The summed E-state index contributed by atoms with van der Waals surface area (Å²) in [6, 6.07) is 26.6. The van der Waals surface area contributed by atoms with Gasteiger partial charge in [0, 0.05) is 29.2 Å². The Labute approximate surface area is 185 Å². The summed E-state index contributed by atoms with van der Waals surface area (Å²) in [5.74, 6) is -1.27. The number of aromatic carboxylic acids is 1. The standard InChI is InChI=1S/C26H23N3O3/c30-24-23(25(31)32)27-18-12-8-9-13-19(18)29(24)22-16-21-26(22)15-14-20(26)28(21)17-10-6-4-2-1-3-5-7-11-17/h1-13,20-22H,14-16H2,(H,31,32)/t20-,21-,22-,26?/m1/s1. The van der Waals surface area contributed by atoms with Crippen molar-refractivity contribution in [3.63, 3.8) is 0 Å². The minimum atomic E-state index is -1.27. The summed E-state index contributed by atoms with van der Waals surface area (Å²) in [5.41, 5.74) is 1.62. The van der Waals surface area contributed by atoms with Crippen molar-refractivity contribution in [1.29, 1.82) is 0 Å². The number of rotatable bonds is 3. The number of carboxylic acids is 1. The lowest BCUT2D eigenvalue weighted by molar-refractivity contribution is -0.163. The monoisotopic (exact) mass is 425 g/mol. The van der Waals surface area contributed by atoms with Crippen LogP contribution in [0.1, 0.15) is 35.8 Å². The highest BCUT2D eigenvalue weighted by molar-refractivity contribution is 5.88. The van der Waals surface area contributed by atoms with E-state index in [1.54, 1.807) is 10.6 Å². The molecule has 0 amide bonds. The van der Waals surface area contributed by atoms with E-state index in [9.17, 15) is 14.7 Å². The predicted octanol–water partition coefficient (Wildman–Crippen LogP) is 4.20. The van der Waals surface area contributed by atoms with Crippen LogP contribution >= 0.6 is 0 Å². The van der Waals surface area contributed by atoms with Gasteiger partial charge in [0.15, 0.2) is 0 Å². The number of piperidine rings is 2. The highest BCUT2D eigenvalue weighted by Gasteiger charge is 2.76. The predicted molar refractivity (Wildman–Crippen MR) is 122 cm³/mol. The average molecular weight is 425 g/mol. The molecule has 6 rings (SSSR count). The third kappa shape index (κ3) is 2.43. The highest BCUT2D eigenvalue weighted by atomic mass is 16.4. The number of benzene rings is 1. The molecule has 2 aliphatic carbocycles. The second-order valence-electron chi connectivity index (χ2n) is 8.88. The van der Waals surface area contributed by atoms with Crippen molar-refractivity contribution < 1.29 is 9.90 Å². The number of nitrogens with zero attached hydrogens (tertiary/aromatic N) is 3. The molecule has 1 aliphatic heterocycles. The van der Waals surface area contributed by atoms with E-state index in [2.05, 4.69) is 34.1 Å². The maximum Gasteiger partial charge on any atom is 0.360 e. The van der Waals surface area contributed by atoms with Crippen molar-refractivity contribution in [2.75, 3.05) is 4.90 Å². The van der Waals surface area contributed by atoms with E-state index in [4.69, 9.17) is 0 Å². The van der Waals surface area contributed by atoms with Crippen LogP contribution in [-0.2, 0) is 0 Å². The van der Waals surface area contributed by atoms with Gasteiger partial charge in [0.05, 0.1) is 11.0 Å². The Morgan fingerprint density at radius 3 is 2.19 bits per heavy atom. The Morgan fingerprint density at radius 1 is 0.906 bits per heavy atom. The van der Waals surface area contributed by atoms with Gasteiger partial charge in [-0.25, -0.2) is 9.78 Å². The molecule has 0 radical (unpaired) electrons. The van der Waals surface area contributed by atoms with Gasteiger partial charge in [-0.15, -0.1) is 0 Å². The summed E-state index contributed by atoms with van der Waals surface area (Å²) < 4.78 is 1.73. The SMILES string of the molecule is O=C(O)c1nc2ccccc2n([C@@H]2C[C@H]3N(c4ccccccccc4)[C@@H]4CCC432)c1=O. The molecule has 1 N–H and O–H groups in total. The summed E-state index contributed by atoms with van der Waals surface area (Å²) in [6.07, 6.45) is 2.97. The van der Waals surface area contributed by atoms with Crippen LogP contribution in [0.3, 0.4) is 0 Å². The first kappa shape index (κ1) is 19.0. The molecule has 3 aliphatic rings. The molecule has 1 saturated heterocycles. The molecule has 0 bridgehead atoms. The van der Waals surface area contributed by atoms with Crippen molar-refractivity contribution in [2.45, 2.75) is 37.4 Å². The number of carboxylic acid groups (broad SMARTS) is 1. The van der Waals surface area contributed by atoms with Crippen LogP contribution < -0.4 is 10.5 Å². The molecule has 3 aromatic rings. The molecule has 2 aromatic carbocycles. The van der Waals surface area contributed by atoms with Gasteiger partial charge in [0.2, 0.25) is 5.69 Å². The molecule has 2 saturated carbocycles. The smallest absolute Gasteiger partial charge is 0.360 e. The first-order valence-electron chi connectivity index (χ1n) is 11.0. The quantitative estimate of drug-likeness (QED) is 0.681. The molecule has 32 heavy (non-hydrogen) atoms. The summed E-state index contributed by atoms with van der Waals surface area (Å²) in [7, 11) is 0. The van der Waals surface area contributed by atoms with Crippen LogP contribution in [0.15, 0.2) is 83.7 Å². The minimum absolute atomic E-state index is 0.00323. The Morgan fingerprint density at radius 2 is 1.56 bits per heavy atom. The van der Waals surface area contributed by atoms with Crippen molar-refractivity contribution in [3.8, 4) is 0 Å². The van der Waals surface area contributed by atoms with Gasteiger partial charge < -0.3 is 14.6 Å². The molecule has 1 spiro atoms. The van der Waals surface area contributed by atoms with Crippen molar-refractivity contribution in [1.82, 2.24) is 9.55 Å². The molecule has 6 nitrogen and oxygen atoms in total. The van der Waals surface area contributed by atoms with Crippen LogP contribution in [0.4, 0.5) is 5.69 Å². The lowest BCUT2D eigenvalue weighted by Gasteiger charge is -2.80. The van der Waals surface area contributed by atoms with Crippen LogP contribution in [0.2, 0.25) is 0 Å². The second kappa shape index (κ2) is 6.92. The minimum Gasteiger partial charge on any atom is -0.476 e. The van der Waals surface area contributed by atoms with Gasteiger partial charge in [-0.05, 0) is 43.5 Å². The number of hydrogen-bond acceptors (Lipinski definition) is 4. The lowest BCUT2D eigenvalue weighted by Crippen LogP contribution is -2.86. The Balaban J connectivity index is 1.42. The summed E-state index contributed by atoms with van der Waals surface area (Å²) in [5, 5.41) is 9.57. The van der Waals surface area contributed by atoms with E-state index in [1.807, 2.05) is 48.5 Å². The van der Waals surface area contributed by atoms with E-state index in [0.717, 1.165) is 24.8 Å². The molecular formula is C26H23N3O3. The maximum absolute atomic E-state index is 13.2. The summed E-state index contributed by atoms with van der Waals surface area (Å²) in [4.78, 5) is 31.6. The van der Waals surface area contributed by atoms with Crippen molar-refractivity contribution >= 4 is 22.7 Å². The van der Waals surface area contributed by atoms with Crippen LogP contribution in [-0.4, -0.2) is 32.7 Å². The first-order valence-corrected chi connectivity index (χ1v) is 11.0. The van der Waals surface area contributed by atoms with Gasteiger partial charge in [0.1, 0.15) is 0 Å². The molecule has 1 unspecified atom stereocenters. The maximum atomic E-state index is 13.2. The number of aromatic nitrogens is 2. The van der Waals surface area contributed by atoms with E-state index >= 15 is 0 Å². The van der Waals surface area contributed by atoms with E-state index in [-0.39, 0.29) is 11.5 Å². The molecule has 1 aromatic heterocycles. The number of hydrogen-bond donors (Lipinski definition) is 1. The third-order valence-electron chi connectivity index (χ3n) is 7.64. The van der Waals surface area contributed by atoms with Crippen LogP contribution in [0.25, 0.3) is 11.0 Å². The zero-order valence-corrected chi connectivity index (χ0v) is 17.5. The summed E-state index contributed by atoms with van der Waals surface area (Å²) in [6.45, 7) is 0. The zero-order valence-electron chi connectivity index (χ0n) is 17.5. The molecule has 160 valence electrons. The zero-order chi connectivity index (χ0) is 21.9. The molecule has 6 heteroatoms. The first-order chi connectivity index (χ1) is 15.6. The number of carbonyl (C=O) groups is 1. The van der Waals surface area contributed by atoms with Gasteiger partial charge >= 0.3 is 5.97 Å². The third-order valence-corrected chi connectivity index (χ3v) is 7.64. The number of fused-ring (bicyclic) bond motifs is 1. The molecular weight excluding hydrogens is 402 g/mol. The number of para-hydroxylation sites is 2. The topological polar surface area (TPSA) is 75.4 Å². The lowest BCUT2D eigenvalue weighted by atomic mass is 9.40. The highest BCUT2D eigenvalue weighted by Crippen LogP contribution is 2.73. The Bertz CT molecular complexity index is 1330. The van der Waals surface area contributed by atoms with Gasteiger partial charge in [-0.2, -0.15) is 0 Å². The van der Waals surface area contributed by atoms with Gasteiger partial charge in [-0.3, -0.25) is 4.79 Å². The van der Waals surface area contributed by atoms with Gasteiger partial charge in [-0.1, -0.05) is 54.6 Å². The molecule has 3 fully saturated rings. The van der Waals surface area contributed by atoms with Gasteiger partial charge in [0.25, 0.3) is 5.56 Å². The van der Waals surface area contributed by atoms with Crippen molar-refractivity contribution in [2.24, 2.45) is 5.41 Å². The van der Waals surface area contributed by atoms with Crippen LogP contribution in [0, 0.1) is 5.41 Å².